The number of rotatable bonds is 3. The van der Waals surface area contributed by atoms with Crippen molar-refractivity contribution in [2.45, 2.75) is 6.18 Å². The molecule has 3 rings (SSSR count). The minimum Gasteiger partial charge on any atom is -0.439 e. The summed E-state index contributed by atoms with van der Waals surface area (Å²) < 4.78 is 45.7. The molecule has 4 nitrogen and oxygen atoms in total. The zero-order chi connectivity index (χ0) is 17.2. The van der Waals surface area contributed by atoms with Gasteiger partial charge in [-0.3, -0.25) is 4.98 Å². The van der Waals surface area contributed by atoms with Gasteiger partial charge in [0.25, 0.3) is 0 Å². The maximum absolute atomic E-state index is 13.1. The predicted octanol–water partition coefficient (Wildman–Crippen LogP) is 4.95. The van der Waals surface area contributed by atoms with Gasteiger partial charge in [-0.15, -0.1) is 0 Å². The summed E-state index contributed by atoms with van der Waals surface area (Å²) in [6, 6.07) is 12.5. The zero-order valence-electron chi connectivity index (χ0n) is 12.0. The van der Waals surface area contributed by atoms with Crippen LogP contribution in [-0.2, 0) is 6.18 Å². The highest BCUT2D eigenvalue weighted by atomic mass is 127. The van der Waals surface area contributed by atoms with E-state index in [1.54, 1.807) is 30.3 Å². The maximum Gasteiger partial charge on any atom is 0.433 e. The fourth-order valence-electron chi connectivity index (χ4n) is 1.88. The lowest BCUT2D eigenvalue weighted by Crippen LogP contribution is -2.10. The largest absolute Gasteiger partial charge is 0.439 e. The van der Waals surface area contributed by atoms with Gasteiger partial charge in [-0.2, -0.15) is 18.2 Å². The van der Waals surface area contributed by atoms with Crippen LogP contribution in [0.4, 0.5) is 13.2 Å². The minimum absolute atomic E-state index is 0.147. The summed E-state index contributed by atoms with van der Waals surface area (Å²) in [4.78, 5) is 11.6. The van der Waals surface area contributed by atoms with E-state index >= 15 is 0 Å². The first-order chi connectivity index (χ1) is 11.4. The van der Waals surface area contributed by atoms with Crippen molar-refractivity contribution in [2.75, 3.05) is 0 Å². The Balaban J connectivity index is 2.05. The van der Waals surface area contributed by atoms with Crippen LogP contribution in [0.1, 0.15) is 5.69 Å². The normalized spacial score (nSPS) is 11.3. The van der Waals surface area contributed by atoms with E-state index in [0.29, 0.717) is 5.75 Å². The Morgan fingerprint density at radius 3 is 2.46 bits per heavy atom. The van der Waals surface area contributed by atoms with Gasteiger partial charge in [0.2, 0.25) is 5.88 Å². The lowest BCUT2D eigenvalue weighted by Gasteiger charge is -2.11. The molecule has 1 aromatic carbocycles. The number of hydrogen-bond donors (Lipinski definition) is 0. The predicted molar refractivity (Wildman–Crippen MR) is 89.5 cm³/mol. The van der Waals surface area contributed by atoms with Gasteiger partial charge in [0.15, 0.2) is 11.5 Å². The highest BCUT2D eigenvalue weighted by Gasteiger charge is 2.34. The van der Waals surface area contributed by atoms with Gasteiger partial charge in [0, 0.05) is 15.8 Å². The zero-order valence-corrected chi connectivity index (χ0v) is 14.1. The monoisotopic (exact) mass is 443 g/mol. The van der Waals surface area contributed by atoms with Crippen LogP contribution in [0, 0.1) is 3.57 Å². The van der Waals surface area contributed by atoms with E-state index in [0.717, 1.165) is 9.64 Å². The Hall–Kier alpha value is -2.23. The van der Waals surface area contributed by atoms with E-state index in [4.69, 9.17) is 4.74 Å². The van der Waals surface area contributed by atoms with Crippen LogP contribution in [0.15, 0.2) is 54.7 Å². The molecular weight excluding hydrogens is 434 g/mol. The number of alkyl halides is 3. The van der Waals surface area contributed by atoms with Gasteiger partial charge in [0.05, 0.1) is 0 Å². The van der Waals surface area contributed by atoms with E-state index in [1.807, 2.05) is 6.07 Å². The van der Waals surface area contributed by atoms with Crippen molar-refractivity contribution >= 4 is 22.6 Å². The number of pyridine rings is 1. The molecule has 24 heavy (non-hydrogen) atoms. The van der Waals surface area contributed by atoms with E-state index in [2.05, 4.69) is 37.5 Å². The van der Waals surface area contributed by atoms with Crippen LogP contribution >= 0.6 is 22.6 Å². The molecule has 0 amide bonds. The first-order valence-electron chi connectivity index (χ1n) is 6.73. The van der Waals surface area contributed by atoms with Gasteiger partial charge in [0.1, 0.15) is 11.4 Å². The smallest absolute Gasteiger partial charge is 0.433 e. The third-order valence-electron chi connectivity index (χ3n) is 2.91. The molecule has 0 aliphatic heterocycles. The second-order valence-electron chi connectivity index (χ2n) is 4.69. The molecule has 8 heteroatoms. The van der Waals surface area contributed by atoms with Gasteiger partial charge in [-0.1, -0.05) is 12.1 Å². The lowest BCUT2D eigenvalue weighted by molar-refractivity contribution is -0.141. The van der Waals surface area contributed by atoms with Gasteiger partial charge < -0.3 is 4.74 Å². The van der Waals surface area contributed by atoms with Crippen LogP contribution in [0.5, 0.6) is 11.6 Å². The van der Waals surface area contributed by atoms with Crippen molar-refractivity contribution in [1.82, 2.24) is 15.0 Å². The van der Waals surface area contributed by atoms with Crippen LogP contribution < -0.4 is 4.74 Å². The average molecular weight is 443 g/mol. The lowest BCUT2D eigenvalue weighted by atomic mass is 10.3. The molecule has 0 unspecified atom stereocenters. The molecular formula is C16H9F3IN3O. The third kappa shape index (κ3) is 3.99. The summed E-state index contributed by atoms with van der Waals surface area (Å²) in [5.74, 6) is 0.0479. The molecule has 0 bridgehead atoms. The summed E-state index contributed by atoms with van der Waals surface area (Å²) in [7, 11) is 0. The van der Waals surface area contributed by atoms with E-state index in [1.165, 1.54) is 12.3 Å². The highest BCUT2D eigenvalue weighted by molar-refractivity contribution is 14.1. The van der Waals surface area contributed by atoms with E-state index in [-0.39, 0.29) is 17.4 Å². The first-order valence-corrected chi connectivity index (χ1v) is 7.81. The molecule has 0 saturated heterocycles. The summed E-state index contributed by atoms with van der Waals surface area (Å²) in [6.07, 6.45) is -3.16. The molecule has 0 fully saturated rings. The molecule has 0 radical (unpaired) electrons. The number of halogens is 4. The van der Waals surface area contributed by atoms with Gasteiger partial charge >= 0.3 is 6.18 Å². The third-order valence-corrected chi connectivity index (χ3v) is 3.58. The molecule has 0 aliphatic carbocycles. The molecule has 0 N–H and O–H groups in total. The Bertz CT molecular complexity index is 857. The molecule has 3 aromatic rings. The summed E-state index contributed by atoms with van der Waals surface area (Å²) >= 11 is 2.08. The fraction of sp³-hybridized carbons (Fsp3) is 0.0625. The number of ether oxygens (including phenoxy) is 1. The second kappa shape index (κ2) is 6.71. The second-order valence-corrected chi connectivity index (χ2v) is 5.93. The Labute approximate surface area is 148 Å². The van der Waals surface area contributed by atoms with Crippen LogP contribution in [-0.4, -0.2) is 15.0 Å². The number of benzene rings is 1. The van der Waals surface area contributed by atoms with Crippen LogP contribution in [0.3, 0.4) is 0 Å². The van der Waals surface area contributed by atoms with Crippen molar-refractivity contribution in [3.8, 4) is 23.1 Å². The molecule has 0 saturated carbocycles. The molecule has 122 valence electrons. The first kappa shape index (κ1) is 16.6. The number of aromatic nitrogens is 3. The van der Waals surface area contributed by atoms with Gasteiger partial charge in [-0.05, 0) is 52.9 Å². The maximum atomic E-state index is 13.1. The highest BCUT2D eigenvalue weighted by Crippen LogP contribution is 2.32. The van der Waals surface area contributed by atoms with Crippen LogP contribution in [0.25, 0.3) is 11.5 Å². The Morgan fingerprint density at radius 1 is 0.958 bits per heavy atom. The van der Waals surface area contributed by atoms with Crippen LogP contribution in [0.2, 0.25) is 0 Å². The molecule has 0 spiro atoms. The van der Waals surface area contributed by atoms with Crippen molar-refractivity contribution in [1.29, 1.82) is 0 Å². The van der Waals surface area contributed by atoms with E-state index in [9.17, 15) is 13.2 Å². The fourth-order valence-corrected chi connectivity index (χ4v) is 2.40. The number of nitrogens with zero attached hydrogens (tertiary/aromatic N) is 3. The van der Waals surface area contributed by atoms with Crippen molar-refractivity contribution < 1.29 is 17.9 Å². The summed E-state index contributed by atoms with van der Waals surface area (Å²) in [5.41, 5.74) is -0.852. The molecule has 2 aromatic heterocycles. The summed E-state index contributed by atoms with van der Waals surface area (Å²) in [5, 5.41) is 0. The van der Waals surface area contributed by atoms with E-state index < -0.39 is 11.9 Å². The molecule has 0 atom stereocenters. The molecule has 0 aliphatic rings. The van der Waals surface area contributed by atoms with Crippen molar-refractivity contribution in [2.24, 2.45) is 0 Å². The van der Waals surface area contributed by atoms with Crippen molar-refractivity contribution in [3.63, 3.8) is 0 Å². The average Bonchev–Trinajstić information content (AvgIpc) is 2.54. The Morgan fingerprint density at radius 2 is 1.79 bits per heavy atom. The van der Waals surface area contributed by atoms with Crippen molar-refractivity contribution in [3.05, 3.63) is 64.0 Å². The standard InChI is InChI=1S/C16H9F3IN3O/c17-16(18,19)13-9-14(24-11-5-3-4-10(20)8-11)23-15(22-13)12-6-1-2-7-21-12/h1-9H. The topological polar surface area (TPSA) is 47.9 Å². The Kier molecular flexibility index (Phi) is 4.65. The summed E-state index contributed by atoms with van der Waals surface area (Å²) in [6.45, 7) is 0. The SMILES string of the molecule is FC(F)(F)c1cc(Oc2cccc(I)c2)nc(-c2ccccn2)n1. The molecule has 2 heterocycles. The minimum atomic E-state index is -4.62. The number of hydrogen-bond acceptors (Lipinski definition) is 4. The van der Waals surface area contributed by atoms with Gasteiger partial charge in [-0.25, -0.2) is 4.98 Å². The quantitative estimate of drug-likeness (QED) is 0.538.